The van der Waals surface area contributed by atoms with Gasteiger partial charge in [-0.05, 0) is 12.1 Å². The van der Waals surface area contributed by atoms with Crippen LogP contribution in [0.15, 0.2) is 41.9 Å². The largest absolute Gasteiger partial charge is 0.301 e. The maximum Gasteiger partial charge on any atom is 0.205 e. The van der Waals surface area contributed by atoms with E-state index in [1.165, 1.54) is 6.20 Å². The third-order valence-electron chi connectivity index (χ3n) is 2.69. The Morgan fingerprint density at radius 1 is 1.22 bits per heavy atom. The van der Waals surface area contributed by atoms with E-state index in [0.717, 1.165) is 11.1 Å². The van der Waals surface area contributed by atoms with Gasteiger partial charge in [-0.1, -0.05) is 0 Å². The van der Waals surface area contributed by atoms with E-state index < -0.39 is 11.1 Å². The first-order valence-electron chi connectivity index (χ1n) is 5.22. The van der Waals surface area contributed by atoms with Crippen LogP contribution in [0.5, 0.6) is 0 Å². The Morgan fingerprint density at radius 2 is 2.06 bits per heavy atom. The van der Waals surface area contributed by atoms with Crippen LogP contribution in [-0.4, -0.2) is 27.9 Å². The fraction of sp³-hybridized carbons (Fsp3) is 0.0909. The highest BCUT2D eigenvalue weighted by molar-refractivity contribution is 7.79. The summed E-state index contributed by atoms with van der Waals surface area (Å²) in [6, 6.07) is 3.71. The van der Waals surface area contributed by atoms with Crippen LogP contribution in [-0.2, 0) is 18.1 Å². The smallest absolute Gasteiger partial charge is 0.205 e. The van der Waals surface area contributed by atoms with Gasteiger partial charge < -0.3 is 4.55 Å². The van der Waals surface area contributed by atoms with Crippen molar-refractivity contribution in [2.75, 3.05) is 0 Å². The predicted octanol–water partition coefficient (Wildman–Crippen LogP) is 1.32. The fourth-order valence-corrected chi connectivity index (χ4v) is 2.29. The van der Waals surface area contributed by atoms with Crippen LogP contribution in [0.1, 0.15) is 0 Å². The molecule has 0 aromatic carbocycles. The number of rotatable bonds is 2. The summed E-state index contributed by atoms with van der Waals surface area (Å²) in [5.41, 5.74) is 2.50. The van der Waals surface area contributed by atoms with Crippen LogP contribution >= 0.6 is 0 Å². The third-order valence-corrected chi connectivity index (χ3v) is 3.35. The first-order valence-corrected chi connectivity index (χ1v) is 6.33. The van der Waals surface area contributed by atoms with Crippen molar-refractivity contribution in [1.82, 2.24) is 19.2 Å². The molecular weight excluding hydrogens is 252 g/mol. The molecule has 92 valence electrons. The molecule has 0 aliphatic carbocycles. The Kier molecular flexibility index (Phi) is 2.49. The summed E-state index contributed by atoms with van der Waals surface area (Å²) in [4.78, 5) is 4.07. The summed E-state index contributed by atoms with van der Waals surface area (Å²) in [6.07, 6.45) is 6.81. The van der Waals surface area contributed by atoms with Crippen LogP contribution in [0.3, 0.4) is 0 Å². The lowest BCUT2D eigenvalue weighted by Gasteiger charge is -2.01. The van der Waals surface area contributed by atoms with E-state index in [4.69, 9.17) is 0 Å². The lowest BCUT2D eigenvalue weighted by atomic mass is 10.2. The zero-order chi connectivity index (χ0) is 12.7. The van der Waals surface area contributed by atoms with Crippen LogP contribution < -0.4 is 0 Å². The van der Waals surface area contributed by atoms with Crippen LogP contribution in [0.25, 0.3) is 16.8 Å². The molecule has 0 amide bonds. The molecule has 7 heteroatoms. The first-order chi connectivity index (χ1) is 8.65. The van der Waals surface area contributed by atoms with Gasteiger partial charge in [0.2, 0.25) is 11.1 Å². The lowest BCUT2D eigenvalue weighted by molar-refractivity contribution is 0.559. The van der Waals surface area contributed by atoms with Gasteiger partial charge in [-0.3, -0.25) is 9.08 Å². The molecule has 18 heavy (non-hydrogen) atoms. The van der Waals surface area contributed by atoms with Gasteiger partial charge in [0.15, 0.2) is 5.03 Å². The van der Waals surface area contributed by atoms with Crippen molar-refractivity contribution in [3.63, 3.8) is 0 Å². The van der Waals surface area contributed by atoms with Gasteiger partial charge in [-0.15, -0.1) is 0 Å². The molecule has 0 saturated heterocycles. The second-order valence-corrected chi connectivity index (χ2v) is 4.81. The highest BCUT2D eigenvalue weighted by Crippen LogP contribution is 2.20. The minimum atomic E-state index is -2.05. The molecule has 1 atom stereocenters. The number of aromatic nitrogens is 4. The molecule has 0 bridgehead atoms. The molecule has 3 aromatic rings. The molecule has 0 radical (unpaired) electrons. The van der Waals surface area contributed by atoms with Gasteiger partial charge in [0.25, 0.3) is 0 Å². The van der Waals surface area contributed by atoms with Crippen molar-refractivity contribution in [3.05, 3.63) is 36.9 Å². The van der Waals surface area contributed by atoms with Gasteiger partial charge in [-0.2, -0.15) is 5.10 Å². The van der Waals surface area contributed by atoms with E-state index in [0.29, 0.717) is 5.65 Å². The lowest BCUT2D eigenvalue weighted by Crippen LogP contribution is -1.95. The standard InChI is InChI=1S/C11H10N4O2S/c1-14-6-9(4-13-14)8-2-3-10-12-5-11(18(16)17)15(10)7-8/h2-7H,1H3,(H,16,17). The van der Waals surface area contributed by atoms with E-state index in [1.54, 1.807) is 27.5 Å². The van der Waals surface area contributed by atoms with Crippen molar-refractivity contribution < 1.29 is 8.76 Å². The summed E-state index contributed by atoms with van der Waals surface area (Å²) in [5.74, 6) is 0. The topological polar surface area (TPSA) is 72.4 Å². The Morgan fingerprint density at radius 3 is 2.72 bits per heavy atom. The molecule has 0 aliphatic heterocycles. The Labute approximate surface area is 105 Å². The molecule has 3 heterocycles. The van der Waals surface area contributed by atoms with Crippen molar-refractivity contribution in [3.8, 4) is 11.1 Å². The highest BCUT2D eigenvalue weighted by Gasteiger charge is 2.09. The number of hydrogen-bond donors (Lipinski definition) is 1. The number of imidazole rings is 1. The molecule has 3 aromatic heterocycles. The maximum atomic E-state index is 11.2. The minimum absolute atomic E-state index is 0.260. The summed E-state index contributed by atoms with van der Waals surface area (Å²) in [7, 11) is 1.84. The summed E-state index contributed by atoms with van der Waals surface area (Å²) in [5, 5.41) is 4.36. The minimum Gasteiger partial charge on any atom is -0.301 e. The summed E-state index contributed by atoms with van der Waals surface area (Å²) in [6.45, 7) is 0. The van der Waals surface area contributed by atoms with Gasteiger partial charge >= 0.3 is 0 Å². The summed E-state index contributed by atoms with van der Waals surface area (Å²) >= 11 is -2.05. The predicted molar refractivity (Wildman–Crippen MR) is 66.4 cm³/mol. The molecule has 3 rings (SSSR count). The Bertz CT molecular complexity index is 746. The zero-order valence-corrected chi connectivity index (χ0v) is 10.3. The van der Waals surface area contributed by atoms with Crippen molar-refractivity contribution >= 4 is 16.7 Å². The summed E-state index contributed by atoms with van der Waals surface area (Å²) < 4.78 is 23.6. The maximum absolute atomic E-state index is 11.2. The molecule has 0 saturated carbocycles. The average molecular weight is 262 g/mol. The molecule has 0 spiro atoms. The molecular formula is C11H10N4O2S. The third kappa shape index (κ3) is 1.73. The first kappa shape index (κ1) is 11.1. The number of nitrogens with zero attached hydrogens (tertiary/aromatic N) is 4. The molecule has 0 fully saturated rings. The number of hydrogen-bond acceptors (Lipinski definition) is 3. The van der Waals surface area contributed by atoms with E-state index in [2.05, 4.69) is 10.1 Å². The quantitative estimate of drug-likeness (QED) is 0.707. The van der Waals surface area contributed by atoms with Crippen molar-refractivity contribution in [2.45, 2.75) is 5.03 Å². The molecule has 6 nitrogen and oxygen atoms in total. The van der Waals surface area contributed by atoms with Gasteiger partial charge in [0.05, 0.1) is 12.4 Å². The van der Waals surface area contributed by atoms with Crippen molar-refractivity contribution in [1.29, 1.82) is 0 Å². The zero-order valence-electron chi connectivity index (χ0n) is 9.52. The highest BCUT2D eigenvalue weighted by atomic mass is 32.2. The van der Waals surface area contributed by atoms with Crippen LogP contribution in [0.4, 0.5) is 0 Å². The second kappa shape index (κ2) is 4.04. The van der Waals surface area contributed by atoms with Gasteiger partial charge in [-0.25, -0.2) is 9.19 Å². The normalized spacial score (nSPS) is 13.0. The van der Waals surface area contributed by atoms with E-state index in [9.17, 15) is 8.76 Å². The molecule has 1 N–H and O–H groups in total. The average Bonchev–Trinajstić information content (AvgIpc) is 2.93. The SMILES string of the molecule is Cn1cc(-c2ccc3ncc(S(=O)O)n3c2)cn1. The van der Waals surface area contributed by atoms with Gasteiger partial charge in [0, 0.05) is 30.6 Å². The fourth-order valence-electron chi connectivity index (χ4n) is 1.83. The van der Waals surface area contributed by atoms with Crippen LogP contribution in [0, 0.1) is 0 Å². The molecule has 0 aliphatic rings. The Hall–Kier alpha value is -1.99. The van der Waals surface area contributed by atoms with Gasteiger partial charge in [0.1, 0.15) is 5.65 Å². The van der Waals surface area contributed by atoms with E-state index in [1.807, 2.05) is 19.3 Å². The number of fused-ring (bicyclic) bond motifs is 1. The monoisotopic (exact) mass is 262 g/mol. The van der Waals surface area contributed by atoms with E-state index in [-0.39, 0.29) is 5.03 Å². The second-order valence-electron chi connectivity index (χ2n) is 3.89. The Balaban J connectivity index is 2.20. The number of aryl methyl sites for hydroxylation is 1. The van der Waals surface area contributed by atoms with E-state index >= 15 is 0 Å². The van der Waals surface area contributed by atoms with Crippen LogP contribution in [0.2, 0.25) is 0 Å². The van der Waals surface area contributed by atoms with Crippen molar-refractivity contribution in [2.24, 2.45) is 7.05 Å². The molecule has 1 unspecified atom stereocenters. The number of pyridine rings is 1.